The fourth-order valence-corrected chi connectivity index (χ4v) is 2.80. The molecule has 98 valence electrons. The Morgan fingerprint density at radius 3 is 2.83 bits per heavy atom. The predicted octanol–water partition coefficient (Wildman–Crippen LogP) is 3.10. The first-order chi connectivity index (χ1) is 8.46. The van der Waals surface area contributed by atoms with Crippen LogP contribution in [0.15, 0.2) is 18.3 Å². The summed E-state index contributed by atoms with van der Waals surface area (Å²) >= 11 is 4.89. The van der Waals surface area contributed by atoms with Crippen molar-refractivity contribution in [3.05, 3.63) is 24.0 Å². The van der Waals surface area contributed by atoms with E-state index >= 15 is 0 Å². The summed E-state index contributed by atoms with van der Waals surface area (Å²) in [7, 11) is 0. The predicted molar refractivity (Wildman–Crippen MR) is 79.8 cm³/mol. The van der Waals surface area contributed by atoms with E-state index in [0.29, 0.717) is 22.1 Å². The Bertz CT molecular complexity index is 425. The molecule has 2 rings (SSSR count). The zero-order valence-electron chi connectivity index (χ0n) is 11.1. The largest absolute Gasteiger partial charge is 0.388 e. The molecule has 0 amide bonds. The Morgan fingerprint density at radius 2 is 2.28 bits per heavy atom. The number of pyridine rings is 1. The lowest BCUT2D eigenvalue weighted by molar-refractivity contribution is 0.229. The van der Waals surface area contributed by atoms with E-state index in [2.05, 4.69) is 24.1 Å². The summed E-state index contributed by atoms with van der Waals surface area (Å²) < 4.78 is 0. The number of thiocarbonyl (C=S) groups is 1. The Labute approximate surface area is 114 Å². The van der Waals surface area contributed by atoms with E-state index in [1.807, 2.05) is 18.3 Å². The number of anilines is 1. The van der Waals surface area contributed by atoms with Gasteiger partial charge in [0.25, 0.3) is 0 Å². The first-order valence-electron chi connectivity index (χ1n) is 6.49. The SMILES string of the molecule is CC1(C)CCCC(Nc2ccc(C(N)=S)nc2)C1. The molecule has 1 aromatic heterocycles. The third-order valence-corrected chi connectivity index (χ3v) is 3.80. The van der Waals surface area contributed by atoms with Crippen LogP contribution in [-0.4, -0.2) is 16.0 Å². The molecule has 1 unspecified atom stereocenters. The molecule has 1 atom stereocenters. The quantitative estimate of drug-likeness (QED) is 0.823. The van der Waals surface area contributed by atoms with Crippen LogP contribution in [-0.2, 0) is 0 Å². The van der Waals surface area contributed by atoms with Gasteiger partial charge in [0, 0.05) is 6.04 Å². The maximum absolute atomic E-state index is 5.53. The number of hydrogen-bond acceptors (Lipinski definition) is 3. The van der Waals surface area contributed by atoms with Crippen LogP contribution in [0.3, 0.4) is 0 Å². The molecule has 18 heavy (non-hydrogen) atoms. The number of hydrogen-bond donors (Lipinski definition) is 2. The molecule has 3 nitrogen and oxygen atoms in total. The average molecular weight is 263 g/mol. The smallest absolute Gasteiger partial charge is 0.122 e. The molecule has 1 aliphatic carbocycles. The van der Waals surface area contributed by atoms with Gasteiger partial charge in [-0.25, -0.2) is 0 Å². The fourth-order valence-electron chi connectivity index (χ4n) is 2.68. The summed E-state index contributed by atoms with van der Waals surface area (Å²) in [5.74, 6) is 0. The molecular formula is C14H21N3S. The van der Waals surface area contributed by atoms with Crippen molar-refractivity contribution < 1.29 is 0 Å². The van der Waals surface area contributed by atoms with Gasteiger partial charge in [0.2, 0.25) is 0 Å². The van der Waals surface area contributed by atoms with E-state index < -0.39 is 0 Å². The fraction of sp³-hybridized carbons (Fsp3) is 0.571. The van der Waals surface area contributed by atoms with Crippen LogP contribution in [0.25, 0.3) is 0 Å². The summed E-state index contributed by atoms with van der Waals surface area (Å²) in [6.07, 6.45) is 6.88. The van der Waals surface area contributed by atoms with Gasteiger partial charge in [-0.05, 0) is 36.8 Å². The highest BCUT2D eigenvalue weighted by atomic mass is 32.1. The Balaban J connectivity index is 1.99. The topological polar surface area (TPSA) is 50.9 Å². The van der Waals surface area contributed by atoms with Gasteiger partial charge in [-0.15, -0.1) is 0 Å². The minimum atomic E-state index is 0.348. The summed E-state index contributed by atoms with van der Waals surface area (Å²) in [4.78, 5) is 4.60. The van der Waals surface area contributed by atoms with Gasteiger partial charge in [0.15, 0.2) is 0 Å². The molecule has 4 heteroatoms. The van der Waals surface area contributed by atoms with Crippen LogP contribution in [0.1, 0.15) is 45.2 Å². The summed E-state index contributed by atoms with van der Waals surface area (Å²) in [5, 5.41) is 3.56. The molecule has 0 saturated heterocycles. The summed E-state index contributed by atoms with van der Waals surface area (Å²) in [6.45, 7) is 4.68. The first-order valence-corrected chi connectivity index (χ1v) is 6.89. The molecule has 0 radical (unpaired) electrons. The second-order valence-electron chi connectivity index (χ2n) is 5.90. The van der Waals surface area contributed by atoms with Crippen LogP contribution in [0.5, 0.6) is 0 Å². The normalized spacial score (nSPS) is 22.4. The second kappa shape index (κ2) is 5.22. The maximum Gasteiger partial charge on any atom is 0.122 e. The molecule has 1 heterocycles. The van der Waals surface area contributed by atoms with Crippen molar-refractivity contribution in [2.24, 2.45) is 11.1 Å². The minimum Gasteiger partial charge on any atom is -0.388 e. The van der Waals surface area contributed by atoms with Gasteiger partial charge >= 0.3 is 0 Å². The number of aromatic nitrogens is 1. The van der Waals surface area contributed by atoms with Gasteiger partial charge < -0.3 is 11.1 Å². The summed E-state index contributed by atoms with van der Waals surface area (Å²) in [6, 6.07) is 4.42. The Kier molecular flexibility index (Phi) is 3.85. The van der Waals surface area contributed by atoms with Gasteiger partial charge in [0.05, 0.1) is 17.6 Å². The van der Waals surface area contributed by atoms with E-state index in [9.17, 15) is 0 Å². The Hall–Kier alpha value is -1.16. The monoisotopic (exact) mass is 263 g/mol. The third kappa shape index (κ3) is 3.42. The zero-order valence-corrected chi connectivity index (χ0v) is 11.9. The number of nitrogens with two attached hydrogens (primary N) is 1. The van der Waals surface area contributed by atoms with Crippen molar-refractivity contribution in [1.82, 2.24) is 4.98 Å². The number of nitrogens with zero attached hydrogens (tertiary/aromatic N) is 1. The van der Waals surface area contributed by atoms with Crippen LogP contribution in [0.2, 0.25) is 0 Å². The van der Waals surface area contributed by atoms with Crippen LogP contribution >= 0.6 is 12.2 Å². The molecule has 0 spiro atoms. The van der Waals surface area contributed by atoms with Gasteiger partial charge in [-0.1, -0.05) is 32.5 Å². The van der Waals surface area contributed by atoms with Gasteiger partial charge in [0.1, 0.15) is 4.99 Å². The number of nitrogens with one attached hydrogen (secondary N) is 1. The van der Waals surface area contributed by atoms with Crippen molar-refractivity contribution in [2.45, 2.75) is 45.6 Å². The second-order valence-corrected chi connectivity index (χ2v) is 6.34. The highest BCUT2D eigenvalue weighted by Crippen LogP contribution is 2.36. The van der Waals surface area contributed by atoms with E-state index in [4.69, 9.17) is 18.0 Å². The molecule has 1 aliphatic rings. The van der Waals surface area contributed by atoms with E-state index in [1.54, 1.807) is 0 Å². The van der Waals surface area contributed by atoms with E-state index in [1.165, 1.54) is 25.7 Å². The molecular weight excluding hydrogens is 242 g/mol. The van der Waals surface area contributed by atoms with E-state index in [0.717, 1.165) is 5.69 Å². The van der Waals surface area contributed by atoms with Gasteiger partial charge in [-0.3, -0.25) is 4.98 Å². The zero-order chi connectivity index (χ0) is 13.2. The number of rotatable bonds is 3. The van der Waals surface area contributed by atoms with Gasteiger partial charge in [-0.2, -0.15) is 0 Å². The lowest BCUT2D eigenvalue weighted by Crippen LogP contribution is -2.31. The highest BCUT2D eigenvalue weighted by molar-refractivity contribution is 7.80. The summed E-state index contributed by atoms with van der Waals surface area (Å²) in [5.41, 5.74) is 7.71. The van der Waals surface area contributed by atoms with Crippen molar-refractivity contribution in [1.29, 1.82) is 0 Å². The van der Waals surface area contributed by atoms with Crippen molar-refractivity contribution in [3.8, 4) is 0 Å². The molecule has 1 aromatic rings. The third-order valence-electron chi connectivity index (χ3n) is 3.59. The maximum atomic E-state index is 5.53. The molecule has 0 bridgehead atoms. The van der Waals surface area contributed by atoms with Crippen molar-refractivity contribution in [2.75, 3.05) is 5.32 Å². The van der Waals surface area contributed by atoms with Crippen molar-refractivity contribution >= 4 is 22.9 Å². The van der Waals surface area contributed by atoms with E-state index in [-0.39, 0.29) is 0 Å². The molecule has 0 aliphatic heterocycles. The van der Waals surface area contributed by atoms with Crippen LogP contribution < -0.4 is 11.1 Å². The minimum absolute atomic E-state index is 0.348. The van der Waals surface area contributed by atoms with Crippen molar-refractivity contribution in [3.63, 3.8) is 0 Å². The Morgan fingerprint density at radius 1 is 1.50 bits per heavy atom. The molecule has 1 saturated carbocycles. The lowest BCUT2D eigenvalue weighted by atomic mass is 9.75. The molecule has 1 fully saturated rings. The van der Waals surface area contributed by atoms with Crippen LogP contribution in [0.4, 0.5) is 5.69 Å². The lowest BCUT2D eigenvalue weighted by Gasteiger charge is -2.36. The first kappa shape index (κ1) is 13.3. The average Bonchev–Trinajstić information content (AvgIpc) is 2.28. The van der Waals surface area contributed by atoms with Crippen LogP contribution in [0, 0.1) is 5.41 Å². The molecule has 0 aromatic carbocycles. The highest BCUT2D eigenvalue weighted by Gasteiger charge is 2.27. The molecule has 3 N–H and O–H groups in total. The standard InChI is InChI=1S/C14H21N3S/c1-14(2)7-3-4-10(8-14)17-11-5-6-12(13(15)18)16-9-11/h5-6,9-10,17H,3-4,7-8H2,1-2H3,(H2,15,18).